The van der Waals surface area contributed by atoms with Crippen molar-refractivity contribution < 1.29 is 19.4 Å². The average Bonchev–Trinajstić information content (AvgIpc) is 2.66. The maximum atomic E-state index is 10.4. The maximum absolute atomic E-state index is 10.4. The van der Waals surface area contributed by atoms with Crippen LogP contribution in [0.15, 0.2) is 78.9 Å². The molecule has 4 nitrogen and oxygen atoms in total. The standard InChI is InChI=1S/C21H18O4/c22-21(23)15-25-20-12-8-18(9-13-20)17-6-10-19(11-7-17)24-14-16-4-2-1-3-5-16/h1-13H,14-15H2,(H,22,23)/p-1. The van der Waals surface area contributed by atoms with E-state index in [1.807, 2.05) is 66.7 Å². The fraction of sp³-hybridized carbons (Fsp3) is 0.0952. The van der Waals surface area contributed by atoms with E-state index in [0.717, 1.165) is 22.4 Å². The summed E-state index contributed by atoms with van der Waals surface area (Å²) in [6.45, 7) is 0.0808. The summed E-state index contributed by atoms with van der Waals surface area (Å²) >= 11 is 0. The van der Waals surface area contributed by atoms with Crippen LogP contribution in [-0.2, 0) is 11.4 Å². The summed E-state index contributed by atoms with van der Waals surface area (Å²) in [7, 11) is 0. The fourth-order valence-electron chi connectivity index (χ4n) is 2.37. The quantitative estimate of drug-likeness (QED) is 0.667. The molecule has 0 aliphatic heterocycles. The summed E-state index contributed by atoms with van der Waals surface area (Å²) in [4.78, 5) is 10.4. The number of aliphatic carboxylic acids is 1. The highest BCUT2D eigenvalue weighted by Gasteiger charge is 2.01. The second-order valence-corrected chi connectivity index (χ2v) is 5.48. The van der Waals surface area contributed by atoms with E-state index in [2.05, 4.69) is 0 Å². The molecule has 0 spiro atoms. The van der Waals surface area contributed by atoms with Gasteiger partial charge in [-0.1, -0.05) is 54.6 Å². The number of carbonyl (C=O) groups excluding carboxylic acids is 1. The van der Waals surface area contributed by atoms with Crippen LogP contribution < -0.4 is 14.6 Å². The maximum Gasteiger partial charge on any atom is 0.128 e. The van der Waals surface area contributed by atoms with Crippen LogP contribution in [0.4, 0.5) is 0 Å². The summed E-state index contributed by atoms with van der Waals surface area (Å²) in [6.07, 6.45) is 0. The van der Waals surface area contributed by atoms with E-state index in [4.69, 9.17) is 9.47 Å². The molecule has 0 N–H and O–H groups in total. The van der Waals surface area contributed by atoms with Gasteiger partial charge in [0.15, 0.2) is 0 Å². The second kappa shape index (κ2) is 8.02. The van der Waals surface area contributed by atoms with Gasteiger partial charge in [-0.25, -0.2) is 0 Å². The first-order chi connectivity index (χ1) is 12.2. The molecule has 126 valence electrons. The lowest BCUT2D eigenvalue weighted by Gasteiger charge is -2.09. The van der Waals surface area contributed by atoms with Gasteiger partial charge in [-0.05, 0) is 41.0 Å². The zero-order chi connectivity index (χ0) is 17.5. The van der Waals surface area contributed by atoms with Gasteiger partial charge in [0.1, 0.15) is 24.7 Å². The Morgan fingerprint density at radius 3 is 1.76 bits per heavy atom. The van der Waals surface area contributed by atoms with Crippen LogP contribution in [0.25, 0.3) is 11.1 Å². The Balaban J connectivity index is 1.60. The first kappa shape index (κ1) is 16.6. The van der Waals surface area contributed by atoms with E-state index in [1.165, 1.54) is 0 Å². The normalized spacial score (nSPS) is 10.2. The molecule has 0 aliphatic rings. The summed E-state index contributed by atoms with van der Waals surface area (Å²) in [6, 6.07) is 25.1. The number of hydrogen-bond donors (Lipinski definition) is 0. The molecule has 0 saturated carbocycles. The molecule has 0 bridgehead atoms. The molecule has 3 rings (SSSR count). The molecule has 0 aliphatic carbocycles. The lowest BCUT2D eigenvalue weighted by Crippen LogP contribution is -2.28. The molecule has 0 amide bonds. The Hall–Kier alpha value is -3.27. The number of benzene rings is 3. The molecule has 0 fully saturated rings. The average molecular weight is 333 g/mol. The molecule has 0 atom stereocenters. The molecule has 3 aromatic carbocycles. The van der Waals surface area contributed by atoms with E-state index < -0.39 is 12.6 Å². The van der Waals surface area contributed by atoms with Crippen molar-refractivity contribution in [2.24, 2.45) is 0 Å². The van der Waals surface area contributed by atoms with E-state index in [9.17, 15) is 9.90 Å². The van der Waals surface area contributed by atoms with Gasteiger partial charge in [-0.2, -0.15) is 0 Å². The minimum atomic E-state index is -1.24. The molecule has 0 aromatic heterocycles. The van der Waals surface area contributed by atoms with E-state index in [1.54, 1.807) is 12.1 Å². The Morgan fingerprint density at radius 1 is 0.720 bits per heavy atom. The van der Waals surface area contributed by atoms with Crippen LogP contribution in [-0.4, -0.2) is 12.6 Å². The minimum Gasteiger partial charge on any atom is -0.546 e. The van der Waals surface area contributed by atoms with E-state index >= 15 is 0 Å². The third-order valence-corrected chi connectivity index (χ3v) is 3.65. The first-order valence-electron chi connectivity index (χ1n) is 7.90. The summed E-state index contributed by atoms with van der Waals surface area (Å²) in [5.41, 5.74) is 3.17. The van der Waals surface area contributed by atoms with Crippen LogP contribution in [0, 0.1) is 0 Å². The highest BCUT2D eigenvalue weighted by atomic mass is 16.5. The van der Waals surface area contributed by atoms with Crippen molar-refractivity contribution in [1.82, 2.24) is 0 Å². The van der Waals surface area contributed by atoms with Gasteiger partial charge in [0, 0.05) is 0 Å². The summed E-state index contributed by atoms with van der Waals surface area (Å²) in [5.74, 6) is 0.0625. The van der Waals surface area contributed by atoms with Gasteiger partial charge in [0.2, 0.25) is 0 Å². The molecular weight excluding hydrogens is 316 g/mol. The Labute approximate surface area is 146 Å². The molecule has 4 heteroatoms. The molecule has 25 heavy (non-hydrogen) atoms. The van der Waals surface area contributed by atoms with Crippen molar-refractivity contribution >= 4 is 5.97 Å². The molecule has 0 saturated heterocycles. The van der Waals surface area contributed by atoms with Gasteiger partial charge in [0.05, 0.1) is 5.97 Å². The minimum absolute atomic E-state index is 0.452. The zero-order valence-corrected chi connectivity index (χ0v) is 13.6. The SMILES string of the molecule is O=C([O-])COc1ccc(-c2ccc(OCc3ccccc3)cc2)cc1. The molecule has 0 unspecified atom stereocenters. The largest absolute Gasteiger partial charge is 0.546 e. The van der Waals surface area contributed by atoms with Gasteiger partial charge < -0.3 is 19.4 Å². The predicted molar refractivity (Wildman–Crippen MR) is 93.2 cm³/mol. The van der Waals surface area contributed by atoms with Crippen LogP contribution in [0.3, 0.4) is 0 Å². The molecular formula is C21H17O4-. The van der Waals surface area contributed by atoms with Gasteiger partial charge in [-0.3, -0.25) is 0 Å². The highest BCUT2D eigenvalue weighted by molar-refractivity contribution is 5.67. The zero-order valence-electron chi connectivity index (χ0n) is 13.6. The number of carboxylic acids is 1. The lowest BCUT2D eigenvalue weighted by atomic mass is 10.1. The molecule has 0 heterocycles. The van der Waals surface area contributed by atoms with E-state index in [-0.39, 0.29) is 0 Å². The third-order valence-electron chi connectivity index (χ3n) is 3.65. The topological polar surface area (TPSA) is 58.6 Å². The van der Waals surface area contributed by atoms with Crippen molar-refractivity contribution in [2.75, 3.05) is 6.61 Å². The van der Waals surface area contributed by atoms with Gasteiger partial charge in [-0.15, -0.1) is 0 Å². The highest BCUT2D eigenvalue weighted by Crippen LogP contribution is 2.25. The first-order valence-corrected chi connectivity index (χ1v) is 7.90. The number of carbonyl (C=O) groups is 1. The van der Waals surface area contributed by atoms with Crippen molar-refractivity contribution in [3.8, 4) is 22.6 Å². The fourth-order valence-corrected chi connectivity index (χ4v) is 2.37. The Morgan fingerprint density at radius 2 is 1.24 bits per heavy atom. The van der Waals surface area contributed by atoms with Crippen LogP contribution in [0.5, 0.6) is 11.5 Å². The molecule has 0 radical (unpaired) electrons. The lowest BCUT2D eigenvalue weighted by molar-refractivity contribution is -0.307. The molecule has 3 aromatic rings. The summed E-state index contributed by atoms with van der Waals surface area (Å²) < 4.78 is 10.8. The smallest absolute Gasteiger partial charge is 0.128 e. The van der Waals surface area contributed by atoms with Crippen molar-refractivity contribution in [3.05, 3.63) is 84.4 Å². The van der Waals surface area contributed by atoms with Crippen molar-refractivity contribution in [2.45, 2.75) is 6.61 Å². The van der Waals surface area contributed by atoms with Crippen molar-refractivity contribution in [3.63, 3.8) is 0 Å². The second-order valence-electron chi connectivity index (χ2n) is 5.48. The number of rotatable bonds is 7. The van der Waals surface area contributed by atoms with Gasteiger partial charge in [0.25, 0.3) is 0 Å². The Bertz CT molecular complexity index is 809. The van der Waals surface area contributed by atoms with Gasteiger partial charge >= 0.3 is 0 Å². The van der Waals surface area contributed by atoms with Crippen molar-refractivity contribution in [1.29, 1.82) is 0 Å². The van der Waals surface area contributed by atoms with Crippen LogP contribution >= 0.6 is 0 Å². The number of carboxylic acid groups (broad SMARTS) is 1. The van der Waals surface area contributed by atoms with E-state index in [0.29, 0.717) is 12.4 Å². The third kappa shape index (κ3) is 4.85. The Kier molecular flexibility index (Phi) is 5.32. The van der Waals surface area contributed by atoms with Crippen LogP contribution in [0.2, 0.25) is 0 Å². The summed E-state index contributed by atoms with van der Waals surface area (Å²) in [5, 5.41) is 10.4. The monoisotopic (exact) mass is 333 g/mol. The predicted octanol–water partition coefficient (Wildman–Crippen LogP) is 3.06. The number of ether oxygens (including phenoxy) is 2. The van der Waals surface area contributed by atoms with Crippen LogP contribution in [0.1, 0.15) is 5.56 Å². The number of hydrogen-bond acceptors (Lipinski definition) is 4.